The van der Waals surface area contributed by atoms with Crippen molar-refractivity contribution in [1.29, 1.82) is 0 Å². The molecule has 2 aromatic carbocycles. The van der Waals surface area contributed by atoms with Crippen LogP contribution in [0.25, 0.3) is 0 Å². The van der Waals surface area contributed by atoms with E-state index in [1.165, 1.54) is 5.56 Å². The lowest BCUT2D eigenvalue weighted by Gasteiger charge is -2.37. The van der Waals surface area contributed by atoms with Crippen molar-refractivity contribution in [1.82, 2.24) is 0 Å². The van der Waals surface area contributed by atoms with Gasteiger partial charge in [-0.2, -0.15) is 0 Å². The molecule has 0 fully saturated rings. The fraction of sp³-hybridized carbons (Fsp3) is 0.429. The number of hydrogen-bond donors (Lipinski definition) is 2. The minimum Gasteiger partial charge on any atom is -0.632 e. The fourth-order valence-electron chi connectivity index (χ4n) is 4.68. The van der Waals surface area contributed by atoms with Crippen molar-refractivity contribution < 1.29 is 24.4 Å². The highest BCUT2D eigenvalue weighted by atomic mass is 16.5. The number of carboxylic acid groups (broad SMARTS) is 2. The Bertz CT molecular complexity index is 973. The first-order chi connectivity index (χ1) is 16.3. The van der Waals surface area contributed by atoms with E-state index >= 15 is 0 Å². The summed E-state index contributed by atoms with van der Waals surface area (Å²) in [7, 11) is 0. The molecule has 6 heteroatoms. The molecule has 2 atom stereocenters. The van der Waals surface area contributed by atoms with Crippen LogP contribution < -0.4 is 0 Å². The Kier molecular flexibility index (Phi) is 9.02. The van der Waals surface area contributed by atoms with E-state index in [2.05, 4.69) is 19.1 Å². The number of carboxylic acids is 2. The van der Waals surface area contributed by atoms with E-state index in [0.29, 0.717) is 25.9 Å². The topological polar surface area (TPSA) is 97.7 Å². The molecule has 6 nitrogen and oxygen atoms in total. The molecule has 0 bridgehead atoms. The highest BCUT2D eigenvalue weighted by molar-refractivity contribution is 5.73. The maximum absolute atomic E-state index is 13.0. The van der Waals surface area contributed by atoms with Gasteiger partial charge in [0.1, 0.15) is 13.1 Å². The minimum atomic E-state index is -1.00. The number of fused-ring (bicyclic) bond motifs is 1. The first-order valence-corrected chi connectivity index (χ1v) is 12.1. The van der Waals surface area contributed by atoms with Gasteiger partial charge in [0, 0.05) is 11.1 Å². The Labute approximate surface area is 201 Å². The minimum absolute atomic E-state index is 0.0751. The largest absolute Gasteiger partial charge is 0.632 e. The van der Waals surface area contributed by atoms with Crippen LogP contribution in [-0.4, -0.2) is 33.3 Å². The van der Waals surface area contributed by atoms with Crippen LogP contribution in [0.3, 0.4) is 0 Å². The molecule has 1 heterocycles. The van der Waals surface area contributed by atoms with Crippen molar-refractivity contribution in [2.45, 2.75) is 58.5 Å². The third-order valence-electron chi connectivity index (χ3n) is 6.67. The summed E-state index contributed by atoms with van der Waals surface area (Å²) in [5, 5.41) is 32.3. The molecule has 0 saturated heterocycles. The Hall–Kier alpha value is -2.96. The van der Waals surface area contributed by atoms with Crippen molar-refractivity contribution in [3.63, 3.8) is 0 Å². The summed E-state index contributed by atoms with van der Waals surface area (Å²) < 4.78 is -0.373. The van der Waals surface area contributed by atoms with Crippen LogP contribution in [0, 0.1) is 17.0 Å². The highest BCUT2D eigenvalue weighted by Crippen LogP contribution is 2.29. The number of aryl methyl sites for hydroxylation is 2. The standard InChI is InChI=1S/C28H35NO5/c1-2-7-21-11-13-22(14-12-21)15-16-24(28(32)33)18-23(27(30)31)8-5-6-17-29(34)19-25-9-3-4-10-26(25)20-29/h3-6,9-14,23-24H,2,7-8,15-20H2,1H3,(H,30,31)(H,32,33). The molecule has 34 heavy (non-hydrogen) atoms. The monoisotopic (exact) mass is 465 g/mol. The molecule has 0 spiro atoms. The van der Waals surface area contributed by atoms with Crippen LogP contribution in [0.1, 0.15) is 54.9 Å². The number of hydroxylamine groups is 3. The van der Waals surface area contributed by atoms with E-state index in [1.807, 2.05) is 36.4 Å². The van der Waals surface area contributed by atoms with E-state index < -0.39 is 23.8 Å². The first-order valence-electron chi connectivity index (χ1n) is 12.1. The van der Waals surface area contributed by atoms with Gasteiger partial charge in [-0.05, 0) is 49.3 Å². The van der Waals surface area contributed by atoms with Gasteiger partial charge in [0.15, 0.2) is 0 Å². The molecule has 0 aliphatic carbocycles. The summed E-state index contributed by atoms with van der Waals surface area (Å²) in [6.45, 7) is 3.25. The van der Waals surface area contributed by atoms with Gasteiger partial charge in [-0.3, -0.25) is 9.59 Å². The number of rotatable bonds is 13. The maximum Gasteiger partial charge on any atom is 0.306 e. The first kappa shape index (κ1) is 25.7. The lowest BCUT2D eigenvalue weighted by atomic mass is 9.88. The molecule has 0 radical (unpaired) electrons. The van der Waals surface area contributed by atoms with Crippen molar-refractivity contribution >= 4 is 11.9 Å². The summed E-state index contributed by atoms with van der Waals surface area (Å²) in [6.07, 6.45) is 6.87. The number of allylic oxidation sites excluding steroid dienone is 1. The number of aliphatic carboxylic acids is 2. The van der Waals surface area contributed by atoms with Crippen LogP contribution in [0.15, 0.2) is 60.7 Å². The van der Waals surface area contributed by atoms with Gasteiger partial charge in [-0.25, -0.2) is 0 Å². The van der Waals surface area contributed by atoms with Crippen molar-refractivity contribution in [2.24, 2.45) is 11.8 Å². The molecule has 0 saturated carbocycles. The Morgan fingerprint density at radius 3 is 2.00 bits per heavy atom. The lowest BCUT2D eigenvalue weighted by molar-refractivity contribution is -0.894. The average Bonchev–Trinajstić information content (AvgIpc) is 3.15. The van der Waals surface area contributed by atoms with E-state index in [9.17, 15) is 25.0 Å². The Morgan fingerprint density at radius 2 is 1.47 bits per heavy atom. The number of quaternary nitrogens is 1. The summed E-state index contributed by atoms with van der Waals surface area (Å²) >= 11 is 0. The van der Waals surface area contributed by atoms with Gasteiger partial charge in [0.05, 0.1) is 18.4 Å². The molecular weight excluding hydrogens is 430 g/mol. The second kappa shape index (κ2) is 12.0. The highest BCUT2D eigenvalue weighted by Gasteiger charge is 2.28. The van der Waals surface area contributed by atoms with Gasteiger partial charge < -0.3 is 20.1 Å². The van der Waals surface area contributed by atoms with Gasteiger partial charge in [0.25, 0.3) is 0 Å². The van der Waals surface area contributed by atoms with Gasteiger partial charge >= 0.3 is 11.9 Å². The predicted molar refractivity (Wildman–Crippen MR) is 132 cm³/mol. The molecule has 1 aliphatic heterocycles. The van der Waals surface area contributed by atoms with Crippen LogP contribution in [0.5, 0.6) is 0 Å². The normalized spacial score (nSPS) is 16.3. The zero-order valence-electron chi connectivity index (χ0n) is 19.9. The molecule has 3 rings (SSSR count). The SMILES string of the molecule is CCCc1ccc(CCC(CC(CC=CC[N+]2([O-])Cc3ccccc3C2)C(=O)O)C(=O)O)cc1. The molecule has 2 unspecified atom stereocenters. The van der Waals surface area contributed by atoms with Crippen molar-refractivity contribution in [2.75, 3.05) is 6.54 Å². The zero-order chi connectivity index (χ0) is 24.6. The predicted octanol–water partition coefficient (Wildman–Crippen LogP) is 5.34. The Balaban J connectivity index is 1.51. The Morgan fingerprint density at radius 1 is 0.912 bits per heavy atom. The molecule has 182 valence electrons. The molecule has 2 N–H and O–H groups in total. The second-order valence-electron chi connectivity index (χ2n) is 9.44. The third-order valence-corrected chi connectivity index (χ3v) is 6.67. The molecule has 1 aliphatic rings. The van der Waals surface area contributed by atoms with E-state index in [-0.39, 0.29) is 24.0 Å². The summed E-state index contributed by atoms with van der Waals surface area (Å²) in [5.74, 6) is -3.48. The van der Waals surface area contributed by atoms with E-state index in [0.717, 1.165) is 29.5 Å². The molecule has 2 aromatic rings. The fourth-order valence-corrected chi connectivity index (χ4v) is 4.68. The van der Waals surface area contributed by atoms with Crippen LogP contribution in [0.4, 0.5) is 0 Å². The van der Waals surface area contributed by atoms with Crippen LogP contribution in [-0.2, 0) is 35.5 Å². The number of nitrogens with zero attached hydrogens (tertiary/aromatic N) is 1. The average molecular weight is 466 g/mol. The summed E-state index contributed by atoms with van der Waals surface area (Å²) in [4.78, 5) is 23.6. The van der Waals surface area contributed by atoms with Gasteiger partial charge in [-0.15, -0.1) is 0 Å². The number of benzene rings is 2. The lowest BCUT2D eigenvalue weighted by Crippen LogP contribution is -2.36. The summed E-state index contributed by atoms with van der Waals surface area (Å²) in [6, 6.07) is 16.0. The van der Waals surface area contributed by atoms with Crippen LogP contribution in [0.2, 0.25) is 0 Å². The van der Waals surface area contributed by atoms with Gasteiger partial charge in [-0.1, -0.05) is 68.0 Å². The van der Waals surface area contributed by atoms with Gasteiger partial charge in [0.2, 0.25) is 0 Å². The summed E-state index contributed by atoms with van der Waals surface area (Å²) in [5.41, 5.74) is 4.46. The third kappa shape index (κ3) is 7.27. The number of carbonyl (C=O) groups is 2. The maximum atomic E-state index is 13.0. The van der Waals surface area contributed by atoms with Crippen LogP contribution >= 0.6 is 0 Å². The molecule has 0 aromatic heterocycles. The molecular formula is C28H35NO5. The van der Waals surface area contributed by atoms with Crippen molar-refractivity contribution in [3.8, 4) is 0 Å². The van der Waals surface area contributed by atoms with Crippen molar-refractivity contribution in [3.05, 3.63) is 88.1 Å². The van der Waals surface area contributed by atoms with E-state index in [4.69, 9.17) is 0 Å². The quantitative estimate of drug-likeness (QED) is 0.236. The number of hydrogen-bond acceptors (Lipinski definition) is 3. The smallest absolute Gasteiger partial charge is 0.306 e. The second-order valence-corrected chi connectivity index (χ2v) is 9.44. The van der Waals surface area contributed by atoms with E-state index in [1.54, 1.807) is 12.2 Å². The zero-order valence-corrected chi connectivity index (χ0v) is 19.9. The molecule has 0 amide bonds.